The van der Waals surface area contributed by atoms with Crippen molar-refractivity contribution in [1.29, 1.82) is 0 Å². The monoisotopic (exact) mass is 2020 g/mol. The molecule has 0 aliphatic heterocycles. The Kier molecular flexibility index (Phi) is 105. The van der Waals surface area contributed by atoms with Crippen LogP contribution in [0.3, 0.4) is 0 Å². The van der Waals surface area contributed by atoms with Crippen LogP contribution in [0.15, 0.2) is 0 Å². The lowest BCUT2D eigenvalue weighted by molar-refractivity contribution is -0.167. The number of hydrogen-bond donors (Lipinski definition) is 2. The molecule has 0 heterocycles. The van der Waals surface area contributed by atoms with Gasteiger partial charge in [0.2, 0.25) is 0 Å². The van der Waals surface area contributed by atoms with Crippen LogP contribution < -0.4 is 0 Å². The van der Waals surface area contributed by atoms with Crippen molar-refractivity contribution in [3.8, 4) is 0 Å². The summed E-state index contributed by atoms with van der Waals surface area (Å²) in [5.74, 6) is -2.99. The van der Waals surface area contributed by atoms with E-state index in [0.717, 1.165) is 372 Å². The molecule has 0 aliphatic carbocycles. The van der Waals surface area contributed by atoms with Crippen LogP contribution in [0.25, 0.3) is 0 Å². The summed E-state index contributed by atoms with van der Waals surface area (Å²) in [5.41, 5.74) is 0. The van der Waals surface area contributed by atoms with Crippen molar-refractivity contribution in [1.82, 2.24) is 0 Å². The van der Waals surface area contributed by atoms with E-state index in [2.05, 4.69) is 41.5 Å². The number of rotatable bonds is 114. The van der Waals surface area contributed by atoms with E-state index in [1.54, 1.807) is 0 Å². The number of hydrogen-bond acceptors (Lipinski definition) is 20. The fourth-order valence-electron chi connectivity index (χ4n) is 19.3. The molecule has 0 spiro atoms. The fraction of sp³-hybridized carbons (Fsp3) is 0.934. The number of carbonyl (C=O) groups is 8. The summed E-state index contributed by atoms with van der Waals surface area (Å²) >= 11 is 0. The molecule has 0 fully saturated rings. The van der Waals surface area contributed by atoms with Gasteiger partial charge >= 0.3 is 47.8 Å². The summed E-state index contributed by atoms with van der Waals surface area (Å²) in [6.45, 7) is 14.6. The Morgan fingerprint density at radius 3 is 0.549 bits per heavy atom. The van der Waals surface area contributed by atoms with E-state index in [1.165, 1.54) is 141 Å². The maximum Gasteiger partial charge on any atom is 0.308 e. The molecule has 0 rings (SSSR count). The third-order valence-electron chi connectivity index (χ3n) is 29.0. The molecular weight excluding hydrogens is 1790 g/mol. The minimum atomic E-state index is -0.863. The lowest BCUT2D eigenvalue weighted by Gasteiger charge is -2.21. The fourth-order valence-corrected chi connectivity index (χ4v) is 19.3. The molecule has 0 radical (unpaired) electrons. The number of aliphatic hydroxyl groups excluding tert-OH is 2. The van der Waals surface area contributed by atoms with Gasteiger partial charge in [0, 0.05) is 59.2 Å². The predicted octanol–water partition coefficient (Wildman–Crippen LogP) is 34.2. The third-order valence-corrected chi connectivity index (χ3v) is 29.0. The van der Waals surface area contributed by atoms with E-state index in [9.17, 15) is 48.6 Å². The van der Waals surface area contributed by atoms with Crippen LogP contribution in [0.5, 0.6) is 0 Å². The van der Waals surface area contributed by atoms with E-state index >= 15 is 0 Å². The first-order valence-electron chi connectivity index (χ1n) is 61.2. The lowest BCUT2D eigenvalue weighted by atomic mass is 10.0. The van der Waals surface area contributed by atoms with Gasteiger partial charge in [-0.15, -0.1) is 0 Å². The highest BCUT2D eigenvalue weighted by atomic mass is 16.6. The highest BCUT2D eigenvalue weighted by Crippen LogP contribution is 2.27. The largest absolute Gasteiger partial charge is 0.462 e. The zero-order chi connectivity index (χ0) is 104. The van der Waals surface area contributed by atoms with Crippen molar-refractivity contribution in [2.75, 3.05) is 40.6 Å². The quantitative estimate of drug-likeness (QED) is 0.0325. The van der Waals surface area contributed by atoms with Gasteiger partial charge in [0.15, 0.2) is 12.2 Å². The van der Waals surface area contributed by atoms with Gasteiger partial charge in [0.25, 0.3) is 0 Å². The first-order valence-corrected chi connectivity index (χ1v) is 61.2. The van der Waals surface area contributed by atoms with E-state index in [4.69, 9.17) is 47.4 Å². The Balaban J connectivity index is 5.10. The molecule has 2 N–H and O–H groups in total. The van der Waals surface area contributed by atoms with Gasteiger partial charge < -0.3 is 57.6 Å². The van der Waals surface area contributed by atoms with Gasteiger partial charge in [-0.2, -0.15) is 0 Å². The second kappa shape index (κ2) is 108. The smallest absolute Gasteiger partial charge is 0.308 e. The van der Waals surface area contributed by atoms with Crippen LogP contribution in [-0.4, -0.2) is 147 Å². The van der Waals surface area contributed by atoms with Gasteiger partial charge in [-0.1, -0.05) is 447 Å². The van der Waals surface area contributed by atoms with E-state index in [-0.39, 0.29) is 131 Å². The molecule has 20 nitrogen and oxygen atoms in total. The molecule has 838 valence electrons. The van der Waals surface area contributed by atoms with Crippen molar-refractivity contribution in [2.45, 2.75) is 688 Å². The number of unbranched alkanes of at least 4 members (excludes halogenated alkanes) is 60. The van der Waals surface area contributed by atoms with Crippen molar-refractivity contribution in [3.63, 3.8) is 0 Å². The first-order chi connectivity index (χ1) is 69.4. The highest BCUT2D eigenvalue weighted by Gasteiger charge is 2.26. The zero-order valence-corrected chi connectivity index (χ0v) is 94.3. The van der Waals surface area contributed by atoms with Gasteiger partial charge in [-0.3, -0.25) is 38.4 Å². The molecule has 0 aromatic rings. The van der Waals surface area contributed by atoms with Crippen LogP contribution in [0.1, 0.15) is 639 Å². The van der Waals surface area contributed by atoms with Gasteiger partial charge in [-0.05, 0) is 148 Å². The number of carbonyl (C=O) groups excluding carboxylic acids is 8. The molecule has 20 heteroatoms. The van der Waals surface area contributed by atoms with Crippen LogP contribution in [0.2, 0.25) is 0 Å². The van der Waals surface area contributed by atoms with E-state index in [0.29, 0.717) is 57.2 Å². The van der Waals surface area contributed by atoms with Crippen molar-refractivity contribution >= 4 is 47.8 Å². The summed E-state index contributed by atoms with van der Waals surface area (Å²) < 4.78 is 58.2. The van der Waals surface area contributed by atoms with E-state index < -0.39 is 18.1 Å². The molecule has 0 aliphatic rings. The number of methoxy groups -OCH3 is 2. The minimum absolute atomic E-state index is 0.140. The van der Waals surface area contributed by atoms with Gasteiger partial charge in [0.1, 0.15) is 38.6 Å². The normalized spacial score (nSPS) is 13.5. The Morgan fingerprint density at radius 1 is 0.176 bits per heavy atom. The molecule has 142 heavy (non-hydrogen) atoms. The molecule has 0 bridgehead atoms. The molecule has 0 aromatic heterocycles. The molecule has 0 saturated heterocycles. The van der Waals surface area contributed by atoms with Crippen molar-refractivity contribution < 1.29 is 95.9 Å². The maximum absolute atomic E-state index is 13.7. The average Bonchev–Trinajstić information content (AvgIpc) is 0.978. The highest BCUT2D eigenvalue weighted by molar-refractivity contribution is 5.75. The second-order valence-electron chi connectivity index (χ2n) is 42.9. The Labute approximate surface area is 873 Å². The number of aliphatic hydroxyl groups is 2. The average molecular weight is 2020 g/mol. The summed E-state index contributed by atoms with van der Waals surface area (Å²) in [6, 6.07) is 0. The van der Waals surface area contributed by atoms with E-state index in [1.807, 2.05) is 21.1 Å². The SMILES string of the molecule is CCCCCCC(O)CCCCCCCCCCC(=O)OC(COC(=O)CCCCCCCCCCC(CCCCCC)OC)COC(=O)CCCCCCCCCCC(CCCCCC)OC(=O)CCC(C)C(=O)OC(CCCCCC)CCCCCCCCCCC(=O)OCC(COC(=O)CCCCCCCCCCC(CCCCCC)OC)OC(=O)CCCCCCCCCCC(O)CCCCCC. The van der Waals surface area contributed by atoms with Crippen LogP contribution in [-0.2, 0) is 85.7 Å². The van der Waals surface area contributed by atoms with Crippen molar-refractivity contribution in [2.24, 2.45) is 5.92 Å². The molecule has 9 atom stereocenters. The molecule has 0 saturated carbocycles. The molecular formula is C122H230O20. The van der Waals surface area contributed by atoms with Gasteiger partial charge in [0.05, 0.1) is 30.3 Å². The summed E-state index contributed by atoms with van der Waals surface area (Å²) in [5, 5.41) is 20.6. The second-order valence-corrected chi connectivity index (χ2v) is 42.9. The van der Waals surface area contributed by atoms with Gasteiger partial charge in [-0.25, -0.2) is 0 Å². The molecule has 0 aromatic carbocycles. The van der Waals surface area contributed by atoms with Crippen LogP contribution in [0, 0.1) is 5.92 Å². The maximum atomic E-state index is 13.7. The Hall–Kier alpha value is -4.40. The first kappa shape index (κ1) is 138. The molecule has 9 unspecified atom stereocenters. The van der Waals surface area contributed by atoms with Crippen LogP contribution in [0.4, 0.5) is 0 Å². The standard InChI is InChI=1S/C122H230O20/c1-10-16-22-64-82-107(123)84-66-52-40-28-34-50-62-80-98-119(129)140-113(102-135-115(125)94-76-58-46-36-30-42-54-72-88-109(133-8)86-68-24-18-12-3)104-137-117(127)96-78-60-48-38-32-44-56-74-91-111(90-70-26-20-14-5)139-121(131)101-100-106(7)122(132)142-112(92-71-27-21-15-6)93-75-57-45-33-39-49-61-79-97-118(128)138-105-114(141-120(130)99-81-63-51-35-29-41-53-67-85-108(124)83-65-23-17-11-2)103-136-116(126)95-77-59-47-37-31-43-55-73-89-110(134-9)87-69-25-19-13-4/h106-114,123-124H,10-105H2,1-9H3. The summed E-state index contributed by atoms with van der Waals surface area (Å²) in [6.07, 6.45) is 90.7. The Bertz CT molecular complexity index is 2770. The predicted molar refractivity (Wildman–Crippen MR) is 585 cm³/mol. The summed E-state index contributed by atoms with van der Waals surface area (Å²) in [4.78, 5) is 106. The minimum Gasteiger partial charge on any atom is -0.462 e. The lowest BCUT2D eigenvalue weighted by Crippen LogP contribution is -2.30. The zero-order valence-electron chi connectivity index (χ0n) is 94.3. The topological polar surface area (TPSA) is 269 Å². The summed E-state index contributed by atoms with van der Waals surface area (Å²) in [7, 11) is 3.69. The van der Waals surface area contributed by atoms with Crippen LogP contribution >= 0.6 is 0 Å². The number of ether oxygens (including phenoxy) is 10. The molecule has 0 amide bonds. The Morgan fingerprint density at radius 2 is 0.338 bits per heavy atom. The van der Waals surface area contributed by atoms with Crippen molar-refractivity contribution in [3.05, 3.63) is 0 Å². The number of esters is 8. The third kappa shape index (κ3) is 97.7.